The summed E-state index contributed by atoms with van der Waals surface area (Å²) in [5.74, 6) is 0.127. The molecule has 0 saturated carbocycles. The van der Waals surface area contributed by atoms with Crippen LogP contribution < -0.4 is 0 Å². The molecule has 2 heteroatoms. The average molecular weight is 109 g/mol. The molecule has 0 unspecified atom stereocenters. The molecule has 0 aliphatic carbocycles. The van der Waals surface area contributed by atoms with Crippen LogP contribution in [0.4, 0.5) is 0 Å². The van der Waals surface area contributed by atoms with Gasteiger partial charge in [0.25, 0.3) is 0 Å². The highest BCUT2D eigenvalue weighted by Crippen LogP contribution is 2.05. The quantitative estimate of drug-likeness (QED) is 0.492. The third kappa shape index (κ3) is 0.832. The van der Waals surface area contributed by atoms with Crippen molar-refractivity contribution in [2.75, 3.05) is 0 Å². The molecule has 8 heavy (non-hydrogen) atoms. The van der Waals surface area contributed by atoms with Gasteiger partial charge in [0.05, 0.1) is 0 Å². The summed E-state index contributed by atoms with van der Waals surface area (Å²) in [5.41, 5.74) is 0.810. The van der Waals surface area contributed by atoms with Crippen molar-refractivity contribution >= 4 is 12.0 Å². The Hall–Kier alpha value is -0.920. The largest absolute Gasteiger partial charge is 0.295 e. The first-order valence-electron chi connectivity index (χ1n) is 2.52. The van der Waals surface area contributed by atoms with E-state index in [0.29, 0.717) is 0 Å². The van der Waals surface area contributed by atoms with Gasteiger partial charge in [-0.15, -0.1) is 0 Å². The molecule has 0 amide bonds. The summed E-state index contributed by atoms with van der Waals surface area (Å²) >= 11 is 0. The zero-order valence-corrected chi connectivity index (χ0v) is 4.72. The molecule has 0 bridgehead atoms. The highest BCUT2D eigenvalue weighted by molar-refractivity contribution is 5.97. The Balaban J connectivity index is 2.64. The van der Waals surface area contributed by atoms with Crippen molar-refractivity contribution in [3.8, 4) is 0 Å². The molecule has 42 valence electrons. The highest BCUT2D eigenvalue weighted by atomic mass is 16.1. The molecule has 1 heterocycles. The van der Waals surface area contributed by atoms with Crippen molar-refractivity contribution in [2.24, 2.45) is 4.99 Å². The maximum Gasteiger partial charge on any atom is 0.157 e. The third-order valence-corrected chi connectivity index (χ3v) is 1.10. The lowest BCUT2D eigenvalue weighted by Gasteiger charge is -1.86. The lowest BCUT2D eigenvalue weighted by molar-refractivity contribution is -0.113. The summed E-state index contributed by atoms with van der Waals surface area (Å²) in [6.45, 7) is 1.56. The van der Waals surface area contributed by atoms with Gasteiger partial charge in [-0.1, -0.05) is 0 Å². The van der Waals surface area contributed by atoms with Crippen molar-refractivity contribution in [1.82, 2.24) is 0 Å². The highest BCUT2D eigenvalue weighted by Gasteiger charge is 2.03. The second-order valence-electron chi connectivity index (χ2n) is 1.75. The van der Waals surface area contributed by atoms with E-state index >= 15 is 0 Å². The average Bonchev–Trinajstić information content (AvgIpc) is 2.12. The van der Waals surface area contributed by atoms with Crippen LogP contribution >= 0.6 is 0 Å². The Bertz CT molecular complexity index is 167. The zero-order valence-electron chi connectivity index (χ0n) is 4.72. The van der Waals surface area contributed by atoms with Crippen molar-refractivity contribution in [3.63, 3.8) is 0 Å². The maximum atomic E-state index is 10.5. The summed E-state index contributed by atoms with van der Waals surface area (Å²) in [6.07, 6.45) is 4.06. The second kappa shape index (κ2) is 1.90. The molecule has 0 spiro atoms. The molecule has 0 aromatic heterocycles. The van der Waals surface area contributed by atoms with Gasteiger partial charge >= 0.3 is 0 Å². The first-order chi connectivity index (χ1) is 3.80. The van der Waals surface area contributed by atoms with Crippen LogP contribution in [0.25, 0.3) is 0 Å². The van der Waals surface area contributed by atoms with Gasteiger partial charge in [-0.05, 0) is 6.92 Å². The predicted molar refractivity (Wildman–Crippen MR) is 31.9 cm³/mol. The topological polar surface area (TPSA) is 29.4 Å². The Morgan fingerprint density at radius 1 is 1.88 bits per heavy atom. The number of nitrogens with zero attached hydrogens (tertiary/aromatic N) is 1. The van der Waals surface area contributed by atoms with Crippen LogP contribution in [0, 0.1) is 0 Å². The van der Waals surface area contributed by atoms with Crippen LogP contribution in [0.3, 0.4) is 0 Å². The van der Waals surface area contributed by atoms with Crippen LogP contribution in [0.2, 0.25) is 0 Å². The molecule has 0 N–H and O–H groups in total. The minimum absolute atomic E-state index is 0.127. The number of rotatable bonds is 1. The normalized spacial score (nSPS) is 16.4. The third-order valence-electron chi connectivity index (χ3n) is 1.10. The van der Waals surface area contributed by atoms with Gasteiger partial charge < -0.3 is 0 Å². The lowest BCUT2D eigenvalue weighted by atomic mass is 10.2. The van der Waals surface area contributed by atoms with Crippen LogP contribution in [0.15, 0.2) is 16.8 Å². The van der Waals surface area contributed by atoms with Gasteiger partial charge in [-0.3, -0.25) is 9.79 Å². The van der Waals surface area contributed by atoms with Crippen molar-refractivity contribution in [3.05, 3.63) is 11.8 Å². The zero-order chi connectivity index (χ0) is 5.98. The molecule has 0 fully saturated rings. The molecule has 0 radical (unpaired) electrons. The lowest BCUT2D eigenvalue weighted by Crippen LogP contribution is -1.92. The number of ketones is 1. The van der Waals surface area contributed by atoms with E-state index in [9.17, 15) is 4.79 Å². The molecule has 1 rings (SSSR count). The van der Waals surface area contributed by atoms with E-state index in [2.05, 4.69) is 4.99 Å². The minimum atomic E-state index is 0.127. The van der Waals surface area contributed by atoms with E-state index in [1.54, 1.807) is 19.3 Å². The number of hydrogen-bond donors (Lipinski definition) is 0. The molecule has 1 aliphatic heterocycles. The fourth-order valence-electron chi connectivity index (χ4n) is 0.581. The second-order valence-corrected chi connectivity index (χ2v) is 1.75. The van der Waals surface area contributed by atoms with E-state index < -0.39 is 0 Å². The monoisotopic (exact) mass is 109 g/mol. The number of Topliss-reactive ketones (excluding diaryl/α,β-unsaturated/α-hetero) is 1. The number of aliphatic imine (C=N–C) groups is 1. The molecular weight excluding hydrogens is 102 g/mol. The summed E-state index contributed by atoms with van der Waals surface area (Å²) in [5, 5.41) is 0. The van der Waals surface area contributed by atoms with Crippen LogP contribution in [-0.2, 0) is 4.79 Å². The molecular formula is C6H7NO. The van der Waals surface area contributed by atoms with E-state index in [1.165, 1.54) is 0 Å². The van der Waals surface area contributed by atoms with Crippen molar-refractivity contribution in [2.45, 2.75) is 13.3 Å². The van der Waals surface area contributed by atoms with Crippen molar-refractivity contribution in [1.29, 1.82) is 0 Å². The van der Waals surface area contributed by atoms with Gasteiger partial charge in [0.2, 0.25) is 0 Å². The number of carbonyl (C=O) groups is 1. The van der Waals surface area contributed by atoms with E-state index in [1.807, 2.05) is 0 Å². The molecule has 0 saturated heterocycles. The van der Waals surface area contributed by atoms with E-state index in [0.717, 1.165) is 12.0 Å². The van der Waals surface area contributed by atoms with Gasteiger partial charge in [0.1, 0.15) is 0 Å². The van der Waals surface area contributed by atoms with Gasteiger partial charge in [-0.25, -0.2) is 0 Å². The first-order valence-corrected chi connectivity index (χ1v) is 2.52. The number of carbonyl (C=O) groups excluding carboxylic acids is 1. The summed E-state index contributed by atoms with van der Waals surface area (Å²) in [6, 6.07) is 0. The Labute approximate surface area is 47.9 Å². The summed E-state index contributed by atoms with van der Waals surface area (Å²) in [4.78, 5) is 14.3. The predicted octanol–water partition coefficient (Wildman–Crippen LogP) is 0.934. The molecule has 2 nitrogen and oxygen atoms in total. The minimum Gasteiger partial charge on any atom is -0.295 e. The van der Waals surface area contributed by atoms with E-state index in [-0.39, 0.29) is 5.78 Å². The van der Waals surface area contributed by atoms with Gasteiger partial charge in [0.15, 0.2) is 5.78 Å². The van der Waals surface area contributed by atoms with Crippen LogP contribution in [-0.4, -0.2) is 12.0 Å². The fourth-order valence-corrected chi connectivity index (χ4v) is 0.581. The first kappa shape index (κ1) is 5.22. The Kier molecular flexibility index (Phi) is 1.24. The van der Waals surface area contributed by atoms with E-state index in [4.69, 9.17) is 0 Å². The maximum absolute atomic E-state index is 10.5. The molecule has 1 aliphatic rings. The summed E-state index contributed by atoms with van der Waals surface area (Å²) in [7, 11) is 0. The summed E-state index contributed by atoms with van der Waals surface area (Å²) < 4.78 is 0. The standard InChI is InChI=1S/C6H7NO/c1-5(8)6-2-3-7-4-6/h3-4H,2H2,1H3. The molecule has 0 atom stereocenters. The fraction of sp³-hybridized carbons (Fsp3) is 0.333. The number of hydrogen-bond acceptors (Lipinski definition) is 2. The molecule has 0 aromatic carbocycles. The SMILES string of the molecule is CC(=O)C1=CN=CC1. The van der Waals surface area contributed by atoms with Crippen LogP contribution in [0.5, 0.6) is 0 Å². The Morgan fingerprint density at radius 3 is 2.88 bits per heavy atom. The van der Waals surface area contributed by atoms with Gasteiger partial charge in [0, 0.05) is 24.4 Å². The Morgan fingerprint density at radius 2 is 2.62 bits per heavy atom. The number of allylic oxidation sites excluding steroid dienone is 1. The van der Waals surface area contributed by atoms with Crippen LogP contribution in [0.1, 0.15) is 13.3 Å². The smallest absolute Gasteiger partial charge is 0.157 e. The van der Waals surface area contributed by atoms with Gasteiger partial charge in [-0.2, -0.15) is 0 Å². The van der Waals surface area contributed by atoms with Crippen molar-refractivity contribution < 1.29 is 4.79 Å². The molecule has 0 aromatic rings.